The molecule has 0 bridgehead atoms. The van der Waals surface area contributed by atoms with Gasteiger partial charge in [0.25, 0.3) is 0 Å². The normalized spacial score (nSPS) is 13.7. The van der Waals surface area contributed by atoms with Crippen molar-refractivity contribution in [1.29, 1.82) is 0 Å². The predicted molar refractivity (Wildman–Crippen MR) is 174 cm³/mol. The molecule has 43 heavy (non-hydrogen) atoms. The van der Waals surface area contributed by atoms with Gasteiger partial charge in [0.15, 0.2) is 0 Å². The standard InChI is InChI=1S/C33H64NO8P/c1-3-5-7-9-11-12-13-14-15-16-17-18-20-22-24-26-33(37)40-29-31(35)30-42-43(38,39)41-28-27-34-32(36)25-23-21-19-10-8-6-4-2/h14-15,31,35H,3-13,16-30H2,1-2H3,(H,34,36)(H,38,39)/b15-14-. The van der Waals surface area contributed by atoms with E-state index in [9.17, 15) is 24.2 Å². The summed E-state index contributed by atoms with van der Waals surface area (Å²) >= 11 is 0. The number of ether oxygens (including phenoxy) is 1. The third-order valence-electron chi connectivity index (χ3n) is 7.20. The van der Waals surface area contributed by atoms with E-state index in [-0.39, 0.29) is 32.1 Å². The van der Waals surface area contributed by atoms with Crippen LogP contribution in [0.5, 0.6) is 0 Å². The number of phosphoric ester groups is 1. The molecule has 0 spiro atoms. The van der Waals surface area contributed by atoms with Gasteiger partial charge in [-0.2, -0.15) is 0 Å². The summed E-state index contributed by atoms with van der Waals surface area (Å²) in [7, 11) is -4.40. The zero-order valence-corrected chi connectivity index (χ0v) is 28.3. The number of amides is 1. The largest absolute Gasteiger partial charge is 0.472 e. The summed E-state index contributed by atoms with van der Waals surface area (Å²) in [6, 6.07) is 0. The van der Waals surface area contributed by atoms with Crippen molar-refractivity contribution in [1.82, 2.24) is 5.32 Å². The van der Waals surface area contributed by atoms with Crippen LogP contribution in [0.15, 0.2) is 12.2 Å². The Hall–Kier alpha value is -1.25. The molecule has 0 aromatic heterocycles. The second kappa shape index (κ2) is 30.8. The second-order valence-electron chi connectivity index (χ2n) is 11.5. The zero-order valence-electron chi connectivity index (χ0n) is 27.4. The lowest BCUT2D eigenvalue weighted by Gasteiger charge is -2.15. The number of phosphoric acid groups is 1. The summed E-state index contributed by atoms with van der Waals surface area (Å²) in [6.45, 7) is 3.47. The van der Waals surface area contributed by atoms with E-state index >= 15 is 0 Å². The van der Waals surface area contributed by atoms with E-state index in [1.165, 1.54) is 70.6 Å². The molecule has 0 saturated carbocycles. The second-order valence-corrected chi connectivity index (χ2v) is 12.9. The van der Waals surface area contributed by atoms with Crippen LogP contribution >= 0.6 is 7.82 Å². The van der Waals surface area contributed by atoms with Crippen LogP contribution in [-0.4, -0.2) is 54.3 Å². The number of carbonyl (C=O) groups is 2. The van der Waals surface area contributed by atoms with Crippen molar-refractivity contribution in [3.8, 4) is 0 Å². The average molecular weight is 634 g/mol. The fourth-order valence-corrected chi connectivity index (χ4v) is 5.31. The van der Waals surface area contributed by atoms with E-state index in [2.05, 4.69) is 31.3 Å². The first-order chi connectivity index (χ1) is 20.8. The van der Waals surface area contributed by atoms with Crippen LogP contribution in [-0.2, 0) is 27.9 Å². The maximum Gasteiger partial charge on any atom is 0.472 e. The average Bonchev–Trinajstić information content (AvgIpc) is 2.98. The van der Waals surface area contributed by atoms with Gasteiger partial charge in [-0.15, -0.1) is 0 Å². The SMILES string of the molecule is CCCCCCCC/C=C\CCCCCCCC(=O)OCC(O)COP(=O)(O)OCCNC(=O)CCCCCCCCC. The number of hydrogen-bond acceptors (Lipinski definition) is 7. The Labute approximate surface area is 262 Å². The number of nitrogens with one attached hydrogen (secondary N) is 1. The third-order valence-corrected chi connectivity index (χ3v) is 8.18. The van der Waals surface area contributed by atoms with Gasteiger partial charge in [0.05, 0.1) is 13.2 Å². The Kier molecular flexibility index (Phi) is 29.9. The summed E-state index contributed by atoms with van der Waals surface area (Å²) in [5, 5.41) is 12.6. The van der Waals surface area contributed by atoms with E-state index < -0.39 is 26.5 Å². The lowest BCUT2D eigenvalue weighted by atomic mass is 10.1. The molecule has 0 aliphatic carbocycles. The monoisotopic (exact) mass is 633 g/mol. The highest BCUT2D eigenvalue weighted by Crippen LogP contribution is 2.42. The molecule has 0 aliphatic rings. The Morgan fingerprint density at radius 3 is 1.74 bits per heavy atom. The summed E-state index contributed by atoms with van der Waals surface area (Å²) in [6.07, 6.45) is 27.3. The number of carbonyl (C=O) groups excluding carboxylic acids is 2. The van der Waals surface area contributed by atoms with E-state index in [1.807, 2.05) is 0 Å². The van der Waals surface area contributed by atoms with Gasteiger partial charge in [0.2, 0.25) is 5.91 Å². The molecule has 0 rings (SSSR count). The number of esters is 1. The molecule has 0 fully saturated rings. The summed E-state index contributed by atoms with van der Waals surface area (Å²) in [5.41, 5.74) is 0. The zero-order chi connectivity index (χ0) is 31.9. The first-order valence-corrected chi connectivity index (χ1v) is 18.7. The third kappa shape index (κ3) is 32.0. The van der Waals surface area contributed by atoms with Gasteiger partial charge in [0.1, 0.15) is 12.7 Å². The molecule has 2 atom stereocenters. The summed E-state index contributed by atoms with van der Waals surface area (Å²) in [5.74, 6) is -0.530. The smallest absolute Gasteiger partial charge is 0.463 e. The molecule has 0 heterocycles. The van der Waals surface area contributed by atoms with Crippen LogP contribution < -0.4 is 5.32 Å². The maximum atomic E-state index is 12.0. The Morgan fingerprint density at radius 1 is 0.698 bits per heavy atom. The molecule has 3 N–H and O–H groups in total. The minimum Gasteiger partial charge on any atom is -0.463 e. The maximum absolute atomic E-state index is 12.0. The number of unbranched alkanes of at least 4 members (excludes halogenated alkanes) is 17. The number of allylic oxidation sites excluding steroid dienone is 2. The van der Waals surface area contributed by atoms with Gasteiger partial charge in [-0.05, 0) is 38.5 Å². The van der Waals surface area contributed by atoms with Crippen molar-refractivity contribution < 1.29 is 37.9 Å². The van der Waals surface area contributed by atoms with Gasteiger partial charge in [0, 0.05) is 19.4 Å². The fraction of sp³-hybridized carbons (Fsp3) is 0.879. The molecule has 0 saturated heterocycles. The van der Waals surface area contributed by atoms with Crippen molar-refractivity contribution in [3.63, 3.8) is 0 Å². The lowest BCUT2D eigenvalue weighted by Crippen LogP contribution is -2.27. The van der Waals surface area contributed by atoms with Crippen molar-refractivity contribution in [2.45, 2.75) is 161 Å². The first kappa shape index (κ1) is 41.8. The Balaban J connectivity index is 3.64. The van der Waals surface area contributed by atoms with Crippen LogP contribution in [0.1, 0.15) is 155 Å². The van der Waals surface area contributed by atoms with Crippen molar-refractivity contribution in [3.05, 3.63) is 12.2 Å². The highest BCUT2D eigenvalue weighted by molar-refractivity contribution is 7.47. The van der Waals surface area contributed by atoms with Gasteiger partial charge >= 0.3 is 13.8 Å². The molecule has 9 nitrogen and oxygen atoms in total. The number of aliphatic hydroxyl groups is 1. The minimum absolute atomic E-state index is 0.0831. The highest BCUT2D eigenvalue weighted by atomic mass is 31.2. The molecule has 0 aliphatic heterocycles. The van der Waals surface area contributed by atoms with Gasteiger partial charge in [-0.1, -0.05) is 116 Å². The number of rotatable bonds is 32. The molecule has 0 radical (unpaired) electrons. The van der Waals surface area contributed by atoms with Gasteiger partial charge in [-0.25, -0.2) is 4.57 Å². The lowest BCUT2D eigenvalue weighted by molar-refractivity contribution is -0.147. The van der Waals surface area contributed by atoms with E-state index in [0.29, 0.717) is 6.42 Å². The number of hydrogen-bond donors (Lipinski definition) is 3. The van der Waals surface area contributed by atoms with Gasteiger partial charge in [-0.3, -0.25) is 18.6 Å². The topological polar surface area (TPSA) is 131 Å². The predicted octanol–water partition coefficient (Wildman–Crippen LogP) is 8.32. The van der Waals surface area contributed by atoms with Gasteiger partial charge < -0.3 is 20.1 Å². The van der Waals surface area contributed by atoms with Crippen molar-refractivity contribution in [2.24, 2.45) is 0 Å². The van der Waals surface area contributed by atoms with Crippen LogP contribution in [0, 0.1) is 0 Å². The highest BCUT2D eigenvalue weighted by Gasteiger charge is 2.23. The van der Waals surface area contributed by atoms with Crippen molar-refractivity contribution >= 4 is 19.7 Å². The minimum atomic E-state index is -4.40. The van der Waals surface area contributed by atoms with Crippen LogP contribution in [0.2, 0.25) is 0 Å². The van der Waals surface area contributed by atoms with Crippen molar-refractivity contribution in [2.75, 3.05) is 26.4 Å². The van der Waals surface area contributed by atoms with E-state index in [1.54, 1.807) is 0 Å². The molecule has 10 heteroatoms. The number of aliphatic hydroxyl groups excluding tert-OH is 1. The quantitative estimate of drug-likeness (QED) is 0.0292. The van der Waals surface area contributed by atoms with Crippen LogP contribution in [0.25, 0.3) is 0 Å². The molecular weight excluding hydrogens is 569 g/mol. The Morgan fingerprint density at radius 2 is 1.19 bits per heavy atom. The molecule has 0 aromatic rings. The fourth-order valence-electron chi connectivity index (χ4n) is 4.55. The van der Waals surface area contributed by atoms with Crippen LogP contribution in [0.3, 0.4) is 0 Å². The molecule has 2 unspecified atom stereocenters. The molecule has 1 amide bonds. The van der Waals surface area contributed by atoms with E-state index in [0.717, 1.165) is 57.8 Å². The summed E-state index contributed by atoms with van der Waals surface area (Å²) in [4.78, 5) is 33.5. The molecule has 254 valence electrons. The van der Waals surface area contributed by atoms with E-state index in [4.69, 9.17) is 13.8 Å². The Bertz CT molecular complexity index is 734. The first-order valence-electron chi connectivity index (χ1n) is 17.2. The van der Waals surface area contributed by atoms with Crippen LogP contribution in [0.4, 0.5) is 0 Å². The molecular formula is C33H64NO8P. The molecule has 0 aromatic carbocycles. The summed E-state index contributed by atoms with van der Waals surface area (Å²) < 4.78 is 26.6.